The van der Waals surface area contributed by atoms with Crippen LogP contribution in [0.4, 0.5) is 5.69 Å². The zero-order valence-corrected chi connectivity index (χ0v) is 23.7. The molecule has 2 N–H and O–H groups in total. The van der Waals surface area contributed by atoms with E-state index in [1.165, 1.54) is 6.42 Å². The summed E-state index contributed by atoms with van der Waals surface area (Å²) in [5, 5.41) is 6.30. The normalized spacial score (nSPS) is 31.9. The van der Waals surface area contributed by atoms with Gasteiger partial charge in [0, 0.05) is 37.9 Å². The van der Waals surface area contributed by atoms with Gasteiger partial charge in [0.15, 0.2) is 0 Å². The van der Waals surface area contributed by atoms with Gasteiger partial charge in [-0.05, 0) is 56.4 Å². The molecular weight excluding hydrogens is 508 g/mol. The van der Waals surface area contributed by atoms with E-state index in [0.717, 1.165) is 76.1 Å². The topological polar surface area (TPSA) is 100 Å². The van der Waals surface area contributed by atoms with Gasteiger partial charge in [-0.3, -0.25) is 19.3 Å². The van der Waals surface area contributed by atoms with E-state index in [1.807, 2.05) is 44.2 Å². The molecule has 5 atom stereocenters. The predicted molar refractivity (Wildman–Crippen MR) is 151 cm³/mol. The van der Waals surface area contributed by atoms with Crippen molar-refractivity contribution in [2.75, 3.05) is 44.7 Å². The second-order valence-corrected chi connectivity index (χ2v) is 12.2. The molecule has 1 aliphatic carbocycles. The van der Waals surface area contributed by atoms with Crippen LogP contribution >= 0.6 is 0 Å². The fourth-order valence-electron chi connectivity index (χ4n) is 7.37. The number of morpholine rings is 1. The van der Waals surface area contributed by atoms with Crippen LogP contribution in [0.2, 0.25) is 0 Å². The molecule has 1 saturated carbocycles. The van der Waals surface area contributed by atoms with Crippen molar-refractivity contribution in [3.8, 4) is 0 Å². The molecule has 216 valence electrons. The molecule has 4 heterocycles. The van der Waals surface area contributed by atoms with E-state index in [9.17, 15) is 14.4 Å². The van der Waals surface area contributed by atoms with Gasteiger partial charge in [-0.2, -0.15) is 0 Å². The standard InChI is InChI=1S/C31H42N4O5/c1-20-9-10-23(19-21(20)2)33-28(36)25-24-11-12-31(40-24)26(25)30(38)35(14-6-13-34-15-17-39-18-16-34)27(31)29(37)32-22-7-4-3-5-8-22/h9-12,19,22,24-27H,3-8,13-18H2,1-2H3,(H,32,37)(H,33,36)/t24-,25+,26-,27-,31-/m0/s1. The van der Waals surface area contributed by atoms with Crippen molar-refractivity contribution in [3.05, 3.63) is 41.5 Å². The Kier molecular flexibility index (Phi) is 7.72. The summed E-state index contributed by atoms with van der Waals surface area (Å²) in [7, 11) is 0. The first kappa shape index (κ1) is 27.4. The van der Waals surface area contributed by atoms with Gasteiger partial charge in [-0.1, -0.05) is 37.5 Å². The second kappa shape index (κ2) is 11.3. The number of nitrogens with zero attached hydrogens (tertiary/aromatic N) is 2. The summed E-state index contributed by atoms with van der Waals surface area (Å²) in [6.45, 7) is 8.51. The van der Waals surface area contributed by atoms with Gasteiger partial charge in [0.1, 0.15) is 11.6 Å². The number of carbonyl (C=O) groups is 3. The van der Waals surface area contributed by atoms with Gasteiger partial charge in [0.25, 0.3) is 0 Å². The molecule has 1 spiro atoms. The third kappa shape index (κ3) is 4.97. The fourth-order valence-corrected chi connectivity index (χ4v) is 7.37. The lowest BCUT2D eigenvalue weighted by atomic mass is 9.74. The molecule has 4 fully saturated rings. The number of benzene rings is 1. The molecule has 3 saturated heterocycles. The summed E-state index contributed by atoms with van der Waals surface area (Å²) in [6, 6.07) is 5.15. The number of rotatable bonds is 8. The van der Waals surface area contributed by atoms with Gasteiger partial charge in [-0.25, -0.2) is 0 Å². The Labute approximate surface area is 236 Å². The largest absolute Gasteiger partial charge is 0.379 e. The van der Waals surface area contributed by atoms with Crippen LogP contribution in [-0.2, 0) is 23.9 Å². The Hall–Kier alpha value is -2.75. The maximum Gasteiger partial charge on any atom is 0.246 e. The van der Waals surface area contributed by atoms with Crippen LogP contribution in [0.25, 0.3) is 0 Å². The number of anilines is 1. The predicted octanol–water partition coefficient (Wildman–Crippen LogP) is 2.56. The average Bonchev–Trinajstić information content (AvgIpc) is 3.59. The maximum absolute atomic E-state index is 14.1. The molecule has 40 heavy (non-hydrogen) atoms. The van der Waals surface area contributed by atoms with Crippen molar-refractivity contribution in [3.63, 3.8) is 0 Å². The van der Waals surface area contributed by atoms with Crippen LogP contribution in [0.15, 0.2) is 30.4 Å². The van der Waals surface area contributed by atoms with Crippen molar-refractivity contribution in [1.82, 2.24) is 15.1 Å². The summed E-state index contributed by atoms with van der Waals surface area (Å²) in [5.74, 6) is -1.96. The van der Waals surface area contributed by atoms with Crippen molar-refractivity contribution in [2.24, 2.45) is 11.8 Å². The molecule has 0 aromatic heterocycles. The van der Waals surface area contributed by atoms with Crippen LogP contribution in [0.3, 0.4) is 0 Å². The molecule has 1 aromatic rings. The molecular formula is C31H42N4O5. The molecule has 3 amide bonds. The van der Waals surface area contributed by atoms with Crippen LogP contribution in [0, 0.1) is 25.7 Å². The number of fused-ring (bicyclic) bond motifs is 1. The minimum atomic E-state index is -1.12. The molecule has 5 aliphatic rings. The molecule has 2 bridgehead atoms. The Balaban J connectivity index is 1.24. The van der Waals surface area contributed by atoms with Crippen LogP contribution in [0.1, 0.15) is 49.7 Å². The first-order valence-electron chi connectivity index (χ1n) is 15.0. The Morgan fingerprint density at radius 1 is 1.02 bits per heavy atom. The lowest BCUT2D eigenvalue weighted by Gasteiger charge is -2.34. The van der Waals surface area contributed by atoms with Crippen LogP contribution in [-0.4, -0.2) is 90.7 Å². The molecule has 9 heteroatoms. The van der Waals surface area contributed by atoms with E-state index in [1.54, 1.807) is 4.90 Å². The fraction of sp³-hybridized carbons (Fsp3) is 0.645. The SMILES string of the molecule is Cc1ccc(NC(=O)[C@@H]2[C@@H]3C=C[C@]4(O3)[C@@H]2C(=O)N(CCCN2CCOCC2)[C@H]4C(=O)NC2CCCCC2)cc1C. The second-order valence-electron chi connectivity index (χ2n) is 12.2. The number of nitrogens with one attached hydrogen (secondary N) is 2. The minimum absolute atomic E-state index is 0.119. The maximum atomic E-state index is 14.1. The number of hydrogen-bond donors (Lipinski definition) is 2. The van der Waals surface area contributed by atoms with Crippen molar-refractivity contribution in [2.45, 2.75) is 76.2 Å². The van der Waals surface area contributed by atoms with E-state index in [0.29, 0.717) is 12.2 Å². The molecule has 6 rings (SSSR count). The zero-order chi connectivity index (χ0) is 27.9. The average molecular weight is 551 g/mol. The van der Waals surface area contributed by atoms with Gasteiger partial charge >= 0.3 is 0 Å². The van der Waals surface area contributed by atoms with Crippen molar-refractivity contribution < 1.29 is 23.9 Å². The highest BCUT2D eigenvalue weighted by molar-refractivity contribution is 6.02. The molecule has 4 aliphatic heterocycles. The monoisotopic (exact) mass is 550 g/mol. The Morgan fingerprint density at radius 2 is 1.80 bits per heavy atom. The van der Waals surface area contributed by atoms with E-state index in [4.69, 9.17) is 9.47 Å². The summed E-state index contributed by atoms with van der Waals surface area (Å²) >= 11 is 0. The van der Waals surface area contributed by atoms with Crippen molar-refractivity contribution in [1.29, 1.82) is 0 Å². The molecule has 1 aromatic carbocycles. The number of aryl methyl sites for hydroxylation is 2. The third-order valence-electron chi connectivity index (χ3n) is 9.63. The minimum Gasteiger partial charge on any atom is -0.379 e. The van der Waals surface area contributed by atoms with Gasteiger partial charge in [0.05, 0.1) is 31.2 Å². The third-order valence-corrected chi connectivity index (χ3v) is 9.63. The van der Waals surface area contributed by atoms with E-state index < -0.39 is 29.6 Å². The highest BCUT2D eigenvalue weighted by Gasteiger charge is 2.72. The summed E-state index contributed by atoms with van der Waals surface area (Å²) < 4.78 is 12.0. The van der Waals surface area contributed by atoms with Crippen LogP contribution in [0.5, 0.6) is 0 Å². The van der Waals surface area contributed by atoms with E-state index >= 15 is 0 Å². The van der Waals surface area contributed by atoms with Gasteiger partial charge < -0.3 is 25.0 Å². The number of hydrogen-bond acceptors (Lipinski definition) is 6. The molecule has 0 radical (unpaired) electrons. The zero-order valence-electron chi connectivity index (χ0n) is 23.7. The summed E-state index contributed by atoms with van der Waals surface area (Å²) in [6.07, 6.45) is 9.31. The van der Waals surface area contributed by atoms with Gasteiger partial charge in [-0.15, -0.1) is 0 Å². The number of ether oxygens (including phenoxy) is 2. The smallest absolute Gasteiger partial charge is 0.246 e. The number of carbonyl (C=O) groups excluding carboxylic acids is 3. The number of likely N-dealkylation sites (tertiary alicyclic amines) is 1. The summed E-state index contributed by atoms with van der Waals surface area (Å²) in [4.78, 5) is 45.8. The lowest BCUT2D eigenvalue weighted by Crippen LogP contribution is -2.56. The van der Waals surface area contributed by atoms with Crippen molar-refractivity contribution >= 4 is 23.4 Å². The van der Waals surface area contributed by atoms with E-state index in [2.05, 4.69) is 15.5 Å². The summed E-state index contributed by atoms with van der Waals surface area (Å²) in [5.41, 5.74) is 1.81. The highest BCUT2D eigenvalue weighted by atomic mass is 16.5. The molecule has 0 unspecified atom stereocenters. The Morgan fingerprint density at radius 3 is 2.55 bits per heavy atom. The van der Waals surface area contributed by atoms with Crippen LogP contribution < -0.4 is 10.6 Å². The van der Waals surface area contributed by atoms with E-state index in [-0.39, 0.29) is 23.8 Å². The Bertz CT molecular complexity index is 1170. The molecule has 9 nitrogen and oxygen atoms in total. The quantitative estimate of drug-likeness (QED) is 0.483. The highest BCUT2D eigenvalue weighted by Crippen LogP contribution is 2.55. The first-order valence-corrected chi connectivity index (χ1v) is 15.0. The first-order chi connectivity index (χ1) is 19.4. The lowest BCUT2D eigenvalue weighted by molar-refractivity contribution is -0.141. The van der Waals surface area contributed by atoms with Gasteiger partial charge in [0.2, 0.25) is 17.7 Å². The number of amides is 3.